The second kappa shape index (κ2) is 6.16. The quantitative estimate of drug-likeness (QED) is 0.826. The van der Waals surface area contributed by atoms with E-state index in [-0.39, 0.29) is 5.54 Å². The molecule has 1 fully saturated rings. The smallest absolute Gasteiger partial charge is 0.0937 e. The van der Waals surface area contributed by atoms with Crippen LogP contribution in [0.15, 0.2) is 23.0 Å². The first-order valence-electron chi connectivity index (χ1n) is 8.44. The van der Waals surface area contributed by atoms with Gasteiger partial charge in [-0.05, 0) is 81.4 Å². The molecule has 1 aromatic rings. The number of rotatable bonds is 3. The van der Waals surface area contributed by atoms with Gasteiger partial charge in [-0.25, -0.2) is 0 Å². The van der Waals surface area contributed by atoms with Crippen LogP contribution >= 0.6 is 0 Å². The van der Waals surface area contributed by atoms with E-state index < -0.39 is 0 Å². The van der Waals surface area contributed by atoms with Crippen molar-refractivity contribution in [3.63, 3.8) is 0 Å². The van der Waals surface area contributed by atoms with Crippen molar-refractivity contribution in [2.24, 2.45) is 17.3 Å². The van der Waals surface area contributed by atoms with Crippen LogP contribution in [0, 0.1) is 17.3 Å². The Morgan fingerprint density at radius 1 is 1.14 bits per heavy atom. The van der Waals surface area contributed by atoms with Gasteiger partial charge in [0.15, 0.2) is 0 Å². The summed E-state index contributed by atoms with van der Waals surface area (Å²) in [5.74, 6) is 2.17. The number of hydrogen-bond donors (Lipinski definition) is 1. The Hall–Kier alpha value is -0.760. The van der Waals surface area contributed by atoms with E-state index in [1.54, 1.807) is 0 Å². The maximum absolute atomic E-state index is 5.36. The molecule has 3 unspecified atom stereocenters. The van der Waals surface area contributed by atoms with Crippen molar-refractivity contribution in [3.05, 3.63) is 24.2 Å². The highest BCUT2D eigenvalue weighted by atomic mass is 16.3. The molecule has 1 aliphatic rings. The van der Waals surface area contributed by atoms with Gasteiger partial charge in [-0.3, -0.25) is 0 Å². The third-order valence-electron chi connectivity index (χ3n) is 5.08. The van der Waals surface area contributed by atoms with Crippen molar-refractivity contribution in [3.8, 4) is 0 Å². The van der Waals surface area contributed by atoms with Crippen molar-refractivity contribution in [2.45, 2.75) is 72.3 Å². The molecular formula is C19H33NO. The summed E-state index contributed by atoms with van der Waals surface area (Å²) in [6.45, 7) is 15.0. The van der Waals surface area contributed by atoms with Gasteiger partial charge in [-0.1, -0.05) is 20.8 Å². The van der Waals surface area contributed by atoms with E-state index in [2.05, 4.69) is 52.9 Å². The monoisotopic (exact) mass is 291 g/mol. The van der Waals surface area contributed by atoms with E-state index in [1.807, 2.05) is 12.5 Å². The SMILES string of the molecule is CC(C)(C)NCC1CCC(C(C)(C)C)CC1c1ccoc1. The lowest BCUT2D eigenvalue weighted by atomic mass is 9.64. The fraction of sp³-hybridized carbons (Fsp3) is 0.789. The van der Waals surface area contributed by atoms with Gasteiger partial charge in [0, 0.05) is 5.54 Å². The van der Waals surface area contributed by atoms with Gasteiger partial charge in [0.1, 0.15) is 0 Å². The first-order chi connectivity index (χ1) is 9.67. The molecule has 0 bridgehead atoms. The second-order valence-electron chi connectivity index (χ2n) is 8.93. The van der Waals surface area contributed by atoms with E-state index in [4.69, 9.17) is 4.42 Å². The minimum absolute atomic E-state index is 0.196. The molecule has 3 atom stereocenters. The van der Waals surface area contributed by atoms with E-state index in [0.717, 1.165) is 18.4 Å². The summed E-state index contributed by atoms with van der Waals surface area (Å²) in [6.07, 6.45) is 7.75. The van der Waals surface area contributed by atoms with Crippen LogP contribution in [0.3, 0.4) is 0 Å². The number of hydrogen-bond acceptors (Lipinski definition) is 2. The fourth-order valence-electron chi connectivity index (χ4n) is 3.60. The van der Waals surface area contributed by atoms with Gasteiger partial charge >= 0.3 is 0 Å². The highest BCUT2D eigenvalue weighted by Crippen LogP contribution is 2.46. The number of furan rings is 1. The molecule has 0 amide bonds. The first kappa shape index (κ1) is 16.6. The average molecular weight is 291 g/mol. The largest absolute Gasteiger partial charge is 0.472 e. The molecule has 1 heterocycles. The van der Waals surface area contributed by atoms with Gasteiger partial charge < -0.3 is 9.73 Å². The molecule has 2 rings (SSSR count). The number of nitrogens with one attached hydrogen (secondary N) is 1. The van der Waals surface area contributed by atoms with Crippen LogP contribution in [0.4, 0.5) is 0 Å². The Morgan fingerprint density at radius 2 is 1.86 bits per heavy atom. The van der Waals surface area contributed by atoms with Crippen LogP contribution < -0.4 is 5.32 Å². The summed E-state index contributed by atoms with van der Waals surface area (Å²) in [6, 6.07) is 2.17. The van der Waals surface area contributed by atoms with Gasteiger partial charge in [-0.2, -0.15) is 0 Å². The molecule has 120 valence electrons. The molecule has 1 N–H and O–H groups in total. The molecule has 1 aliphatic carbocycles. The Labute approximate surface area is 130 Å². The van der Waals surface area contributed by atoms with Crippen LogP contribution in [0.5, 0.6) is 0 Å². The standard InChI is InChI=1S/C19H33NO/c1-18(2,3)16-8-7-14(12-20-19(4,5)6)17(11-16)15-9-10-21-13-15/h9-10,13-14,16-17,20H,7-8,11-12H2,1-6H3. The van der Waals surface area contributed by atoms with Crippen LogP contribution in [0.1, 0.15) is 72.3 Å². The summed E-state index contributed by atoms with van der Waals surface area (Å²) >= 11 is 0. The summed E-state index contributed by atoms with van der Waals surface area (Å²) in [7, 11) is 0. The molecule has 1 aromatic heterocycles. The third kappa shape index (κ3) is 4.60. The average Bonchev–Trinajstić information content (AvgIpc) is 2.87. The summed E-state index contributed by atoms with van der Waals surface area (Å²) in [5.41, 5.74) is 2.00. The van der Waals surface area contributed by atoms with Crippen LogP contribution in [0.2, 0.25) is 0 Å². The van der Waals surface area contributed by atoms with Gasteiger partial charge in [0.2, 0.25) is 0 Å². The predicted molar refractivity (Wildman–Crippen MR) is 89.5 cm³/mol. The fourth-order valence-corrected chi connectivity index (χ4v) is 3.60. The zero-order valence-corrected chi connectivity index (χ0v) is 14.7. The third-order valence-corrected chi connectivity index (χ3v) is 5.08. The van der Waals surface area contributed by atoms with Gasteiger partial charge in [0.05, 0.1) is 12.5 Å². The lowest BCUT2D eigenvalue weighted by molar-refractivity contribution is 0.126. The van der Waals surface area contributed by atoms with Gasteiger partial charge in [0.25, 0.3) is 0 Å². The Morgan fingerprint density at radius 3 is 2.38 bits per heavy atom. The first-order valence-corrected chi connectivity index (χ1v) is 8.44. The summed E-state index contributed by atoms with van der Waals surface area (Å²) in [4.78, 5) is 0. The Balaban J connectivity index is 2.10. The molecule has 21 heavy (non-hydrogen) atoms. The minimum Gasteiger partial charge on any atom is -0.472 e. The molecule has 0 radical (unpaired) electrons. The highest BCUT2D eigenvalue weighted by Gasteiger charge is 2.37. The van der Waals surface area contributed by atoms with Crippen LogP contribution in [-0.2, 0) is 0 Å². The topological polar surface area (TPSA) is 25.2 Å². The summed E-state index contributed by atoms with van der Waals surface area (Å²) in [5, 5.41) is 3.71. The molecule has 1 saturated carbocycles. The Bertz CT molecular complexity index is 421. The van der Waals surface area contributed by atoms with E-state index >= 15 is 0 Å². The second-order valence-corrected chi connectivity index (χ2v) is 8.93. The Kier molecular flexibility index (Phi) is 4.87. The lowest BCUT2D eigenvalue weighted by Gasteiger charge is -2.42. The van der Waals surface area contributed by atoms with Crippen molar-refractivity contribution in [2.75, 3.05) is 6.54 Å². The zero-order valence-electron chi connectivity index (χ0n) is 14.7. The molecule has 2 nitrogen and oxygen atoms in total. The van der Waals surface area contributed by atoms with Crippen molar-refractivity contribution in [1.82, 2.24) is 5.32 Å². The van der Waals surface area contributed by atoms with E-state index in [1.165, 1.54) is 24.8 Å². The molecular weight excluding hydrogens is 258 g/mol. The maximum Gasteiger partial charge on any atom is 0.0937 e. The van der Waals surface area contributed by atoms with Crippen molar-refractivity contribution in [1.29, 1.82) is 0 Å². The van der Waals surface area contributed by atoms with Crippen molar-refractivity contribution < 1.29 is 4.42 Å². The van der Waals surface area contributed by atoms with Crippen LogP contribution in [-0.4, -0.2) is 12.1 Å². The van der Waals surface area contributed by atoms with Crippen LogP contribution in [0.25, 0.3) is 0 Å². The highest BCUT2D eigenvalue weighted by molar-refractivity contribution is 5.16. The molecule has 0 saturated heterocycles. The van der Waals surface area contributed by atoms with Crippen molar-refractivity contribution >= 4 is 0 Å². The molecule has 0 aromatic carbocycles. The zero-order chi connectivity index (χ0) is 15.7. The molecule has 0 spiro atoms. The molecule has 0 aliphatic heterocycles. The normalized spacial score (nSPS) is 27.8. The molecule has 2 heteroatoms. The van der Waals surface area contributed by atoms with E-state index in [9.17, 15) is 0 Å². The maximum atomic E-state index is 5.36. The van der Waals surface area contributed by atoms with Gasteiger partial charge in [-0.15, -0.1) is 0 Å². The van der Waals surface area contributed by atoms with E-state index in [0.29, 0.717) is 11.3 Å². The summed E-state index contributed by atoms with van der Waals surface area (Å²) < 4.78 is 5.36. The predicted octanol–water partition coefficient (Wildman–Crippen LogP) is 5.21. The minimum atomic E-state index is 0.196. The lowest BCUT2D eigenvalue weighted by Crippen LogP contribution is -2.42.